The molecular formula is C13H21N. The smallest absolute Gasteiger partial charge is 0.0342 e. The van der Waals surface area contributed by atoms with Crippen LogP contribution in [0.3, 0.4) is 0 Å². The van der Waals surface area contributed by atoms with Crippen molar-refractivity contribution in [2.75, 3.05) is 0 Å². The van der Waals surface area contributed by atoms with Crippen molar-refractivity contribution < 1.29 is 0 Å². The minimum Gasteiger partial charge on any atom is -0.265 e. The third-order valence-electron chi connectivity index (χ3n) is 2.20. The average Bonchev–Trinajstić information content (AvgIpc) is 2.02. The molecule has 0 aromatic carbocycles. The van der Waals surface area contributed by atoms with Crippen LogP contribution >= 0.6 is 0 Å². The second kappa shape index (κ2) is 4.94. The van der Waals surface area contributed by atoms with Crippen molar-refractivity contribution in [3.05, 3.63) is 36.6 Å². The van der Waals surface area contributed by atoms with Gasteiger partial charge in [0.25, 0.3) is 0 Å². The lowest BCUT2D eigenvalue weighted by molar-refractivity contribution is 0.588. The van der Waals surface area contributed by atoms with Gasteiger partial charge in [0.2, 0.25) is 0 Å². The molecule has 0 fully saturated rings. The highest BCUT2D eigenvalue weighted by molar-refractivity contribution is 5.87. The van der Waals surface area contributed by atoms with E-state index < -0.39 is 0 Å². The lowest BCUT2D eigenvalue weighted by Gasteiger charge is -2.17. The number of nitrogens with zero attached hydrogens (tertiary/aromatic N) is 1. The van der Waals surface area contributed by atoms with E-state index in [1.54, 1.807) is 6.08 Å². The Kier molecular flexibility index (Phi) is 4.55. The van der Waals surface area contributed by atoms with Gasteiger partial charge in [-0.3, -0.25) is 4.99 Å². The first-order valence-corrected chi connectivity index (χ1v) is 4.82. The van der Waals surface area contributed by atoms with Crippen LogP contribution in [0.4, 0.5) is 0 Å². The fourth-order valence-corrected chi connectivity index (χ4v) is 0.697. The molecule has 0 atom stereocenters. The molecule has 0 amide bonds. The molecule has 1 heteroatoms. The summed E-state index contributed by atoms with van der Waals surface area (Å²) in [5.41, 5.74) is 3.22. The lowest BCUT2D eigenvalue weighted by Crippen LogP contribution is -2.16. The standard InChI is InChI=1S/C13H21N/c1-8-12(10(2)3)9-14-11(4)13(5,6)7/h8-9H,1-2H2,3-7H3/b12-9+,14-11+. The Balaban J connectivity index is 4.85. The molecule has 0 rings (SSSR count). The molecule has 0 heterocycles. The summed E-state index contributed by atoms with van der Waals surface area (Å²) in [5.74, 6) is 0. The lowest BCUT2D eigenvalue weighted by atomic mass is 9.91. The third kappa shape index (κ3) is 4.22. The largest absolute Gasteiger partial charge is 0.265 e. The first-order valence-electron chi connectivity index (χ1n) is 4.82. The van der Waals surface area contributed by atoms with Gasteiger partial charge in [0.1, 0.15) is 0 Å². The molecule has 0 unspecified atom stereocenters. The van der Waals surface area contributed by atoms with E-state index in [-0.39, 0.29) is 5.41 Å². The van der Waals surface area contributed by atoms with E-state index in [0.717, 1.165) is 16.9 Å². The van der Waals surface area contributed by atoms with Crippen LogP contribution < -0.4 is 0 Å². The number of rotatable bonds is 3. The van der Waals surface area contributed by atoms with Gasteiger partial charge in [-0.05, 0) is 30.4 Å². The Morgan fingerprint density at radius 1 is 1.21 bits per heavy atom. The maximum absolute atomic E-state index is 4.41. The molecule has 0 aromatic rings. The zero-order valence-electron chi connectivity index (χ0n) is 10.0. The molecule has 0 saturated carbocycles. The van der Waals surface area contributed by atoms with Gasteiger partial charge in [-0.2, -0.15) is 0 Å². The van der Waals surface area contributed by atoms with E-state index in [0.29, 0.717) is 0 Å². The highest BCUT2D eigenvalue weighted by Crippen LogP contribution is 2.16. The summed E-state index contributed by atoms with van der Waals surface area (Å²) >= 11 is 0. The van der Waals surface area contributed by atoms with E-state index in [1.807, 2.05) is 20.0 Å². The van der Waals surface area contributed by atoms with Crippen molar-refractivity contribution in [2.45, 2.75) is 34.6 Å². The summed E-state index contributed by atoms with van der Waals surface area (Å²) in [7, 11) is 0. The molecule has 78 valence electrons. The van der Waals surface area contributed by atoms with Crippen LogP contribution in [0.25, 0.3) is 0 Å². The van der Waals surface area contributed by atoms with Crippen LogP contribution in [0.1, 0.15) is 34.6 Å². The van der Waals surface area contributed by atoms with Crippen molar-refractivity contribution in [1.29, 1.82) is 0 Å². The molecule has 0 aromatic heterocycles. The van der Waals surface area contributed by atoms with Crippen molar-refractivity contribution in [3.63, 3.8) is 0 Å². The minimum atomic E-state index is 0.123. The van der Waals surface area contributed by atoms with E-state index in [2.05, 4.69) is 38.9 Å². The molecule has 0 spiro atoms. The molecule has 0 radical (unpaired) electrons. The molecule has 0 aliphatic carbocycles. The quantitative estimate of drug-likeness (QED) is 0.469. The van der Waals surface area contributed by atoms with Crippen LogP contribution in [0.5, 0.6) is 0 Å². The molecule has 0 bridgehead atoms. The molecule has 0 N–H and O–H groups in total. The molecule has 1 nitrogen and oxygen atoms in total. The summed E-state index contributed by atoms with van der Waals surface area (Å²) in [6, 6.07) is 0. The second-order valence-corrected chi connectivity index (χ2v) is 4.53. The van der Waals surface area contributed by atoms with Crippen molar-refractivity contribution in [1.82, 2.24) is 0 Å². The second-order valence-electron chi connectivity index (χ2n) is 4.53. The molecule has 0 saturated heterocycles. The normalized spacial score (nSPS) is 14.1. The number of hydrogen-bond acceptors (Lipinski definition) is 1. The SMILES string of the molecule is C=C/C(=C\N=C(/C)C(C)(C)C)C(=C)C. The summed E-state index contributed by atoms with van der Waals surface area (Å²) < 4.78 is 0. The fourth-order valence-electron chi connectivity index (χ4n) is 0.697. The van der Waals surface area contributed by atoms with Crippen molar-refractivity contribution >= 4 is 5.71 Å². The van der Waals surface area contributed by atoms with Gasteiger partial charge in [0.15, 0.2) is 0 Å². The van der Waals surface area contributed by atoms with Gasteiger partial charge in [-0.1, -0.05) is 40.0 Å². The number of hydrogen-bond donors (Lipinski definition) is 0. The van der Waals surface area contributed by atoms with E-state index in [9.17, 15) is 0 Å². The summed E-state index contributed by atoms with van der Waals surface area (Å²) in [6.45, 7) is 18.0. The maximum Gasteiger partial charge on any atom is 0.0342 e. The zero-order chi connectivity index (χ0) is 11.4. The summed E-state index contributed by atoms with van der Waals surface area (Å²) in [6.07, 6.45) is 3.61. The molecule has 14 heavy (non-hydrogen) atoms. The van der Waals surface area contributed by atoms with Crippen LogP contribution in [0, 0.1) is 5.41 Å². The topological polar surface area (TPSA) is 12.4 Å². The Bertz CT molecular complexity index is 285. The number of allylic oxidation sites excluding steroid dienone is 3. The van der Waals surface area contributed by atoms with E-state index >= 15 is 0 Å². The van der Waals surface area contributed by atoms with E-state index in [1.165, 1.54) is 0 Å². The Morgan fingerprint density at radius 3 is 2.00 bits per heavy atom. The zero-order valence-corrected chi connectivity index (χ0v) is 10.0. The first-order chi connectivity index (χ1) is 6.29. The molecule has 0 aliphatic heterocycles. The maximum atomic E-state index is 4.41. The summed E-state index contributed by atoms with van der Waals surface area (Å²) in [5, 5.41) is 0. The van der Waals surface area contributed by atoms with Gasteiger partial charge in [0, 0.05) is 11.9 Å². The molecular weight excluding hydrogens is 170 g/mol. The Hall–Kier alpha value is -1.11. The van der Waals surface area contributed by atoms with Crippen molar-refractivity contribution in [3.8, 4) is 0 Å². The van der Waals surface area contributed by atoms with Crippen molar-refractivity contribution in [2.24, 2.45) is 10.4 Å². The Morgan fingerprint density at radius 2 is 1.71 bits per heavy atom. The van der Waals surface area contributed by atoms with Gasteiger partial charge < -0.3 is 0 Å². The van der Waals surface area contributed by atoms with Crippen LogP contribution in [-0.2, 0) is 0 Å². The fraction of sp³-hybridized carbons (Fsp3) is 0.462. The third-order valence-corrected chi connectivity index (χ3v) is 2.20. The molecule has 0 aliphatic rings. The monoisotopic (exact) mass is 191 g/mol. The van der Waals surface area contributed by atoms with E-state index in [4.69, 9.17) is 0 Å². The van der Waals surface area contributed by atoms with Crippen LogP contribution in [0.15, 0.2) is 41.6 Å². The van der Waals surface area contributed by atoms with Gasteiger partial charge in [-0.15, -0.1) is 0 Å². The highest BCUT2D eigenvalue weighted by Gasteiger charge is 2.13. The first kappa shape index (κ1) is 12.9. The predicted octanol–water partition coefficient (Wildman–Crippen LogP) is 4.14. The van der Waals surface area contributed by atoms with Crippen LogP contribution in [0.2, 0.25) is 0 Å². The average molecular weight is 191 g/mol. The summed E-state index contributed by atoms with van der Waals surface area (Å²) in [4.78, 5) is 4.41. The number of aliphatic imine (C=N–C) groups is 1. The predicted molar refractivity (Wildman–Crippen MR) is 65.7 cm³/mol. The van der Waals surface area contributed by atoms with Crippen LogP contribution in [-0.4, -0.2) is 5.71 Å². The minimum absolute atomic E-state index is 0.123. The van der Waals surface area contributed by atoms with Gasteiger partial charge in [-0.25, -0.2) is 0 Å². The Labute approximate surface area is 87.9 Å². The highest BCUT2D eigenvalue weighted by atomic mass is 14.7. The van der Waals surface area contributed by atoms with Gasteiger partial charge in [0.05, 0.1) is 0 Å². The van der Waals surface area contributed by atoms with Gasteiger partial charge >= 0.3 is 0 Å².